The first-order chi connectivity index (χ1) is 10.5. The van der Waals surface area contributed by atoms with Crippen molar-refractivity contribution in [2.45, 2.75) is 39.4 Å². The molecule has 0 aliphatic carbocycles. The van der Waals surface area contributed by atoms with Gasteiger partial charge in [-0.3, -0.25) is 4.90 Å². The minimum atomic E-state index is -0.842. The molecular formula is C16H20N4O2. The number of carbonyl (C=O) groups is 1. The molecule has 0 unspecified atom stereocenters. The van der Waals surface area contributed by atoms with Gasteiger partial charge in [0.25, 0.3) is 0 Å². The summed E-state index contributed by atoms with van der Waals surface area (Å²) in [6, 6.07) is 5.83. The third-order valence-corrected chi connectivity index (χ3v) is 4.05. The molecular weight excluding hydrogens is 280 g/mol. The maximum atomic E-state index is 11.3. The van der Waals surface area contributed by atoms with E-state index in [1.54, 1.807) is 6.07 Å². The Labute approximate surface area is 129 Å². The van der Waals surface area contributed by atoms with Crippen LogP contribution >= 0.6 is 0 Å². The van der Waals surface area contributed by atoms with E-state index in [2.05, 4.69) is 29.1 Å². The normalized spacial score (nSPS) is 15.0. The fourth-order valence-corrected chi connectivity index (χ4v) is 2.87. The number of benzene rings is 1. The van der Waals surface area contributed by atoms with Crippen LogP contribution in [0.2, 0.25) is 0 Å². The van der Waals surface area contributed by atoms with E-state index >= 15 is 0 Å². The molecule has 1 aromatic carbocycles. The van der Waals surface area contributed by atoms with Crippen molar-refractivity contribution < 1.29 is 9.90 Å². The quantitative estimate of drug-likeness (QED) is 0.936. The highest BCUT2D eigenvalue weighted by Crippen LogP contribution is 2.23. The smallest absolute Gasteiger partial charge is 0.335 e. The van der Waals surface area contributed by atoms with E-state index in [9.17, 15) is 9.90 Å². The zero-order chi connectivity index (χ0) is 15.7. The summed E-state index contributed by atoms with van der Waals surface area (Å²) in [7, 11) is 0. The number of aromatic carboxylic acids is 1. The van der Waals surface area contributed by atoms with Crippen molar-refractivity contribution in [2.75, 3.05) is 6.54 Å². The summed E-state index contributed by atoms with van der Waals surface area (Å²) in [5.74, 6) is -0.842. The van der Waals surface area contributed by atoms with Gasteiger partial charge in [0.1, 0.15) is 0 Å². The molecule has 0 saturated carbocycles. The number of fused-ring (bicyclic) bond motifs is 1. The molecule has 3 rings (SSSR count). The van der Waals surface area contributed by atoms with E-state index in [-0.39, 0.29) is 0 Å². The molecule has 1 aromatic heterocycles. The molecule has 2 heterocycles. The maximum Gasteiger partial charge on any atom is 0.335 e. The van der Waals surface area contributed by atoms with Crippen LogP contribution in [0.5, 0.6) is 0 Å². The Hall–Kier alpha value is -2.21. The molecule has 1 aliphatic rings. The number of hydrogen-bond donors (Lipinski definition) is 1. The zero-order valence-electron chi connectivity index (χ0n) is 12.9. The fourth-order valence-electron chi connectivity index (χ4n) is 2.87. The lowest BCUT2D eigenvalue weighted by molar-refractivity contribution is 0.0694. The average Bonchev–Trinajstić information content (AvgIpc) is 2.95. The van der Waals surface area contributed by atoms with Gasteiger partial charge in [0.15, 0.2) is 0 Å². The third-order valence-electron chi connectivity index (χ3n) is 4.05. The molecule has 2 aromatic rings. The first-order valence-corrected chi connectivity index (χ1v) is 7.51. The Morgan fingerprint density at radius 1 is 1.41 bits per heavy atom. The lowest BCUT2D eigenvalue weighted by atomic mass is 9.94. The van der Waals surface area contributed by atoms with Gasteiger partial charge in [-0.25, -0.2) is 9.48 Å². The minimum absolute atomic E-state index is 0.307. The van der Waals surface area contributed by atoms with Gasteiger partial charge in [0.05, 0.1) is 17.5 Å². The van der Waals surface area contributed by atoms with Crippen LogP contribution in [-0.4, -0.2) is 37.5 Å². The van der Waals surface area contributed by atoms with Crippen LogP contribution in [0, 0.1) is 0 Å². The third kappa shape index (κ3) is 2.87. The molecule has 0 spiro atoms. The van der Waals surface area contributed by atoms with Crippen LogP contribution in [0.25, 0.3) is 0 Å². The van der Waals surface area contributed by atoms with E-state index < -0.39 is 5.97 Å². The summed E-state index contributed by atoms with van der Waals surface area (Å²) in [4.78, 5) is 13.6. The van der Waals surface area contributed by atoms with Gasteiger partial charge < -0.3 is 5.11 Å². The summed E-state index contributed by atoms with van der Waals surface area (Å²) in [5.41, 5.74) is 3.45. The molecule has 116 valence electrons. The molecule has 0 saturated heterocycles. The standard InChI is InChI=1S/C16H20N4O2/c1-11(2)20-10-13(17-18-20)9-19-7-6-14-12(8-19)4-3-5-15(14)16(21)22/h3-5,10-11H,6-9H2,1-2H3,(H,21,22). The molecule has 6 heteroatoms. The van der Waals surface area contributed by atoms with Gasteiger partial charge in [0, 0.05) is 25.7 Å². The SMILES string of the molecule is CC(C)n1cc(CN2CCc3c(cccc3C(=O)O)C2)nn1. The van der Waals surface area contributed by atoms with Crippen molar-refractivity contribution in [3.05, 3.63) is 46.8 Å². The number of hydrogen-bond acceptors (Lipinski definition) is 4. The summed E-state index contributed by atoms with van der Waals surface area (Å²) < 4.78 is 1.86. The van der Waals surface area contributed by atoms with Crippen LogP contribution in [0.15, 0.2) is 24.4 Å². The molecule has 1 N–H and O–H groups in total. The molecule has 0 bridgehead atoms. The van der Waals surface area contributed by atoms with Gasteiger partial charge in [-0.05, 0) is 37.5 Å². The summed E-state index contributed by atoms with van der Waals surface area (Å²) in [6.07, 6.45) is 2.74. The molecule has 1 aliphatic heterocycles. The maximum absolute atomic E-state index is 11.3. The molecule has 6 nitrogen and oxygen atoms in total. The van der Waals surface area contributed by atoms with Gasteiger partial charge in [-0.1, -0.05) is 17.3 Å². The van der Waals surface area contributed by atoms with E-state index in [1.165, 1.54) is 0 Å². The predicted octanol–water partition coefficient (Wildman–Crippen LogP) is 2.12. The monoisotopic (exact) mass is 300 g/mol. The number of rotatable bonds is 4. The summed E-state index contributed by atoms with van der Waals surface area (Å²) in [6.45, 7) is 6.48. The number of nitrogens with zero attached hydrogens (tertiary/aromatic N) is 4. The Balaban J connectivity index is 1.74. The molecule has 0 amide bonds. The molecule has 0 atom stereocenters. The lowest BCUT2D eigenvalue weighted by Gasteiger charge is -2.28. The Morgan fingerprint density at radius 3 is 2.91 bits per heavy atom. The van der Waals surface area contributed by atoms with Gasteiger partial charge in [-0.2, -0.15) is 0 Å². The highest BCUT2D eigenvalue weighted by atomic mass is 16.4. The van der Waals surface area contributed by atoms with E-state index in [0.717, 1.165) is 42.9 Å². The van der Waals surface area contributed by atoms with E-state index in [4.69, 9.17) is 0 Å². The van der Waals surface area contributed by atoms with Crippen molar-refractivity contribution in [1.29, 1.82) is 0 Å². The Morgan fingerprint density at radius 2 is 2.23 bits per heavy atom. The van der Waals surface area contributed by atoms with Crippen molar-refractivity contribution >= 4 is 5.97 Å². The number of carboxylic acids is 1. The Kier molecular flexibility index (Phi) is 3.94. The summed E-state index contributed by atoms with van der Waals surface area (Å²) in [5, 5.41) is 17.6. The second kappa shape index (κ2) is 5.88. The van der Waals surface area contributed by atoms with Gasteiger partial charge >= 0.3 is 5.97 Å². The molecule has 0 fully saturated rings. The first-order valence-electron chi connectivity index (χ1n) is 7.51. The predicted molar refractivity (Wildman–Crippen MR) is 81.6 cm³/mol. The highest BCUT2D eigenvalue weighted by molar-refractivity contribution is 5.89. The largest absolute Gasteiger partial charge is 0.478 e. The summed E-state index contributed by atoms with van der Waals surface area (Å²) >= 11 is 0. The van der Waals surface area contributed by atoms with Crippen LogP contribution in [-0.2, 0) is 19.5 Å². The Bertz CT molecular complexity index is 693. The number of aromatic nitrogens is 3. The van der Waals surface area contributed by atoms with Crippen LogP contribution in [0.3, 0.4) is 0 Å². The minimum Gasteiger partial charge on any atom is -0.478 e. The van der Waals surface area contributed by atoms with Crippen LogP contribution < -0.4 is 0 Å². The second-order valence-electron chi connectivity index (χ2n) is 5.99. The van der Waals surface area contributed by atoms with Gasteiger partial charge in [0.2, 0.25) is 0 Å². The molecule has 0 radical (unpaired) electrons. The van der Waals surface area contributed by atoms with Crippen molar-refractivity contribution in [2.24, 2.45) is 0 Å². The average molecular weight is 300 g/mol. The van der Waals surface area contributed by atoms with Crippen LogP contribution in [0.1, 0.15) is 47.1 Å². The van der Waals surface area contributed by atoms with E-state index in [1.807, 2.05) is 23.0 Å². The molecule has 22 heavy (non-hydrogen) atoms. The second-order valence-corrected chi connectivity index (χ2v) is 5.99. The van der Waals surface area contributed by atoms with Gasteiger partial charge in [-0.15, -0.1) is 5.10 Å². The highest BCUT2D eigenvalue weighted by Gasteiger charge is 2.21. The zero-order valence-corrected chi connectivity index (χ0v) is 12.9. The number of carboxylic acid groups (broad SMARTS) is 1. The van der Waals surface area contributed by atoms with Crippen molar-refractivity contribution in [1.82, 2.24) is 19.9 Å². The van der Waals surface area contributed by atoms with E-state index in [0.29, 0.717) is 11.6 Å². The topological polar surface area (TPSA) is 71.2 Å². The lowest BCUT2D eigenvalue weighted by Crippen LogP contribution is -2.31. The first kappa shape index (κ1) is 14.7. The van der Waals surface area contributed by atoms with Crippen molar-refractivity contribution in [3.8, 4) is 0 Å². The van der Waals surface area contributed by atoms with Crippen LogP contribution in [0.4, 0.5) is 0 Å². The van der Waals surface area contributed by atoms with Crippen molar-refractivity contribution in [3.63, 3.8) is 0 Å². The fraction of sp³-hybridized carbons (Fsp3) is 0.438.